The summed E-state index contributed by atoms with van der Waals surface area (Å²) in [6, 6.07) is 10.4. The average molecular weight is 280 g/mol. The summed E-state index contributed by atoms with van der Waals surface area (Å²) in [6.45, 7) is 2.02. The van der Waals surface area contributed by atoms with Crippen molar-refractivity contribution in [1.29, 1.82) is 0 Å². The maximum atomic E-state index is 11.0. The van der Waals surface area contributed by atoms with Crippen LogP contribution in [0.3, 0.4) is 0 Å². The number of nitrogens with zero attached hydrogens (tertiary/aromatic N) is 1. The number of benzene rings is 1. The zero-order valence-corrected chi connectivity index (χ0v) is 12.3. The minimum atomic E-state index is -0.741. The van der Waals surface area contributed by atoms with Crippen LogP contribution in [0, 0.1) is 6.92 Å². The van der Waals surface area contributed by atoms with Crippen LogP contribution in [0.4, 0.5) is 0 Å². The van der Waals surface area contributed by atoms with Crippen molar-refractivity contribution in [2.24, 2.45) is 0 Å². The number of aromatic amines is 1. The van der Waals surface area contributed by atoms with E-state index in [1.807, 2.05) is 13.0 Å². The molecule has 0 saturated heterocycles. The summed E-state index contributed by atoms with van der Waals surface area (Å²) in [5, 5.41) is 13.3. The third kappa shape index (κ3) is 1.95. The molecular weight excluding hydrogens is 260 g/mol. The van der Waals surface area contributed by atoms with Gasteiger partial charge < -0.3 is 10.1 Å². The predicted molar refractivity (Wildman–Crippen MR) is 85.3 cm³/mol. The molecule has 0 spiro atoms. The number of hydrogen-bond acceptors (Lipinski definition) is 2. The number of aliphatic hydroxyl groups is 1. The Morgan fingerprint density at radius 1 is 1.10 bits per heavy atom. The Labute approximate surface area is 124 Å². The summed E-state index contributed by atoms with van der Waals surface area (Å²) in [5.41, 5.74) is 3.29. The number of para-hydroxylation sites is 1. The van der Waals surface area contributed by atoms with Crippen LogP contribution >= 0.6 is 0 Å². The van der Waals surface area contributed by atoms with Crippen molar-refractivity contribution in [1.82, 2.24) is 9.97 Å². The molecule has 3 heteroatoms. The number of pyridine rings is 1. The van der Waals surface area contributed by atoms with Crippen LogP contribution < -0.4 is 0 Å². The molecule has 0 aliphatic heterocycles. The summed E-state index contributed by atoms with van der Waals surface area (Å²) in [7, 11) is 0. The summed E-state index contributed by atoms with van der Waals surface area (Å²) < 4.78 is 0. The van der Waals surface area contributed by atoms with Gasteiger partial charge in [0.15, 0.2) is 0 Å². The van der Waals surface area contributed by atoms with Crippen molar-refractivity contribution in [3.8, 4) is 0 Å². The summed E-state index contributed by atoms with van der Waals surface area (Å²) in [4.78, 5) is 8.16. The van der Waals surface area contributed by atoms with Crippen LogP contribution in [0.15, 0.2) is 30.3 Å². The number of rotatable bonds is 1. The highest BCUT2D eigenvalue weighted by atomic mass is 16.3. The SMILES string of the molecule is Cc1nc(C2(O)CCCCC2)cc2c1[nH]c1ccccc12. The van der Waals surface area contributed by atoms with Gasteiger partial charge in [0.25, 0.3) is 0 Å². The van der Waals surface area contributed by atoms with Crippen molar-refractivity contribution >= 4 is 21.8 Å². The lowest BCUT2D eigenvalue weighted by Crippen LogP contribution is -2.29. The van der Waals surface area contributed by atoms with Crippen LogP contribution in [-0.2, 0) is 5.60 Å². The fraction of sp³-hybridized carbons (Fsp3) is 0.389. The van der Waals surface area contributed by atoms with Gasteiger partial charge in [-0.05, 0) is 31.9 Å². The van der Waals surface area contributed by atoms with E-state index in [9.17, 15) is 5.11 Å². The third-order valence-corrected chi connectivity index (χ3v) is 4.83. The molecule has 0 bridgehead atoms. The van der Waals surface area contributed by atoms with Crippen LogP contribution in [0.25, 0.3) is 21.8 Å². The Hall–Kier alpha value is -1.87. The van der Waals surface area contributed by atoms with Crippen LogP contribution in [-0.4, -0.2) is 15.1 Å². The molecule has 1 aliphatic rings. The Bertz CT molecular complexity index is 813. The molecule has 4 rings (SSSR count). The fourth-order valence-electron chi connectivity index (χ4n) is 3.64. The lowest BCUT2D eigenvalue weighted by Gasteiger charge is -2.31. The smallest absolute Gasteiger partial charge is 0.107 e. The quantitative estimate of drug-likeness (QED) is 0.702. The Balaban J connectivity index is 1.97. The van der Waals surface area contributed by atoms with Crippen molar-refractivity contribution < 1.29 is 5.11 Å². The molecule has 3 nitrogen and oxygen atoms in total. The van der Waals surface area contributed by atoms with Gasteiger partial charge in [-0.25, -0.2) is 0 Å². The van der Waals surface area contributed by atoms with Gasteiger partial charge in [-0.1, -0.05) is 37.5 Å². The van der Waals surface area contributed by atoms with E-state index < -0.39 is 5.60 Å². The zero-order valence-electron chi connectivity index (χ0n) is 12.3. The molecule has 0 radical (unpaired) electrons. The van der Waals surface area contributed by atoms with Crippen molar-refractivity contribution in [3.63, 3.8) is 0 Å². The number of H-pyrrole nitrogens is 1. The zero-order chi connectivity index (χ0) is 14.4. The fourth-order valence-corrected chi connectivity index (χ4v) is 3.64. The molecule has 21 heavy (non-hydrogen) atoms. The number of nitrogens with one attached hydrogen (secondary N) is 1. The number of aromatic nitrogens is 2. The van der Waals surface area contributed by atoms with Gasteiger partial charge in [0.2, 0.25) is 0 Å². The maximum Gasteiger partial charge on any atom is 0.107 e. The van der Waals surface area contributed by atoms with E-state index in [0.29, 0.717) is 0 Å². The molecule has 1 saturated carbocycles. The molecule has 0 unspecified atom stereocenters. The van der Waals surface area contributed by atoms with Crippen LogP contribution in [0.5, 0.6) is 0 Å². The molecule has 0 amide bonds. The first kappa shape index (κ1) is 12.8. The van der Waals surface area contributed by atoms with E-state index in [2.05, 4.69) is 29.2 Å². The van der Waals surface area contributed by atoms with E-state index >= 15 is 0 Å². The lowest BCUT2D eigenvalue weighted by atomic mass is 9.82. The van der Waals surface area contributed by atoms with E-state index in [0.717, 1.165) is 48.1 Å². The molecule has 0 atom stereocenters. The number of fused-ring (bicyclic) bond motifs is 3. The normalized spacial score (nSPS) is 18.4. The first-order valence-electron chi connectivity index (χ1n) is 7.78. The van der Waals surface area contributed by atoms with Crippen LogP contribution in [0.2, 0.25) is 0 Å². The first-order valence-corrected chi connectivity index (χ1v) is 7.78. The molecule has 108 valence electrons. The van der Waals surface area contributed by atoms with Gasteiger partial charge in [-0.3, -0.25) is 4.98 Å². The Kier molecular flexibility index (Phi) is 2.79. The monoisotopic (exact) mass is 280 g/mol. The molecule has 2 N–H and O–H groups in total. The second-order valence-electron chi connectivity index (χ2n) is 6.28. The van der Waals surface area contributed by atoms with Gasteiger partial charge in [0, 0.05) is 16.3 Å². The van der Waals surface area contributed by atoms with Gasteiger partial charge in [-0.15, -0.1) is 0 Å². The standard InChI is InChI=1S/C18H20N2O/c1-12-17-14(13-7-3-4-8-15(13)20-17)11-16(19-12)18(21)9-5-2-6-10-18/h3-4,7-8,11,20-21H,2,5-6,9-10H2,1H3. The van der Waals surface area contributed by atoms with Gasteiger partial charge in [0.05, 0.1) is 16.9 Å². The topological polar surface area (TPSA) is 48.9 Å². The van der Waals surface area contributed by atoms with E-state index in [4.69, 9.17) is 4.98 Å². The van der Waals surface area contributed by atoms with E-state index in [1.165, 1.54) is 17.2 Å². The minimum Gasteiger partial charge on any atom is -0.384 e. The van der Waals surface area contributed by atoms with Crippen molar-refractivity contribution in [3.05, 3.63) is 41.7 Å². The van der Waals surface area contributed by atoms with Crippen LogP contribution in [0.1, 0.15) is 43.5 Å². The molecule has 1 aromatic carbocycles. The van der Waals surface area contributed by atoms with Gasteiger partial charge >= 0.3 is 0 Å². The highest BCUT2D eigenvalue weighted by Crippen LogP contribution is 2.38. The number of aryl methyl sites for hydroxylation is 1. The molecule has 2 aromatic heterocycles. The van der Waals surface area contributed by atoms with E-state index in [1.54, 1.807) is 0 Å². The Morgan fingerprint density at radius 3 is 2.67 bits per heavy atom. The van der Waals surface area contributed by atoms with Gasteiger partial charge in [-0.2, -0.15) is 0 Å². The summed E-state index contributed by atoms with van der Waals surface area (Å²) in [5.74, 6) is 0. The second kappa shape index (κ2) is 4.57. The minimum absolute atomic E-state index is 0.741. The maximum absolute atomic E-state index is 11.0. The molecular formula is C18H20N2O. The third-order valence-electron chi connectivity index (χ3n) is 4.83. The first-order chi connectivity index (χ1) is 10.2. The lowest BCUT2D eigenvalue weighted by molar-refractivity contribution is -0.00458. The van der Waals surface area contributed by atoms with Gasteiger partial charge in [0.1, 0.15) is 5.60 Å². The highest BCUT2D eigenvalue weighted by Gasteiger charge is 2.33. The van der Waals surface area contributed by atoms with Crippen molar-refractivity contribution in [2.45, 2.75) is 44.6 Å². The molecule has 3 aromatic rings. The number of hydrogen-bond donors (Lipinski definition) is 2. The Morgan fingerprint density at radius 2 is 1.86 bits per heavy atom. The largest absolute Gasteiger partial charge is 0.384 e. The molecule has 2 heterocycles. The molecule has 1 fully saturated rings. The average Bonchev–Trinajstić information content (AvgIpc) is 2.88. The second-order valence-corrected chi connectivity index (χ2v) is 6.28. The summed E-state index contributed by atoms with van der Waals surface area (Å²) >= 11 is 0. The summed E-state index contributed by atoms with van der Waals surface area (Å²) in [6.07, 6.45) is 5.05. The van der Waals surface area contributed by atoms with E-state index in [-0.39, 0.29) is 0 Å². The molecule has 1 aliphatic carbocycles. The highest BCUT2D eigenvalue weighted by molar-refractivity contribution is 6.07. The van der Waals surface area contributed by atoms with Crippen molar-refractivity contribution in [2.75, 3.05) is 0 Å². The predicted octanol–water partition coefficient (Wildman–Crippen LogP) is 4.18.